The van der Waals surface area contributed by atoms with Crippen LogP contribution in [0.3, 0.4) is 0 Å². The zero-order valence-electron chi connectivity index (χ0n) is 7.94. The van der Waals surface area contributed by atoms with Crippen molar-refractivity contribution in [1.29, 1.82) is 0 Å². The Morgan fingerprint density at radius 1 is 1.57 bits per heavy atom. The predicted molar refractivity (Wildman–Crippen MR) is 57.6 cm³/mol. The number of halogens is 1. The van der Waals surface area contributed by atoms with Gasteiger partial charge in [0.05, 0.1) is 16.2 Å². The van der Waals surface area contributed by atoms with Gasteiger partial charge in [-0.05, 0) is 19.1 Å². The number of nitrogens with zero attached hydrogens (tertiary/aromatic N) is 2. The van der Waals surface area contributed by atoms with Crippen molar-refractivity contribution in [2.45, 2.75) is 19.4 Å². The Kier molecular flexibility index (Phi) is 2.44. The molecule has 0 fully saturated rings. The average molecular weight is 210 g/mol. The highest BCUT2D eigenvalue weighted by molar-refractivity contribution is 6.34. The van der Waals surface area contributed by atoms with Crippen LogP contribution in [0.4, 0.5) is 0 Å². The average Bonchev–Trinajstić information content (AvgIpc) is 2.44. The Morgan fingerprint density at radius 3 is 3.00 bits per heavy atom. The summed E-state index contributed by atoms with van der Waals surface area (Å²) >= 11 is 6.16. The molecule has 1 atom stereocenters. The molecule has 2 aromatic heterocycles. The maximum absolute atomic E-state index is 6.16. The van der Waals surface area contributed by atoms with Gasteiger partial charge in [0.1, 0.15) is 0 Å². The quantitative estimate of drug-likeness (QED) is 0.821. The van der Waals surface area contributed by atoms with Gasteiger partial charge in [-0.3, -0.25) is 0 Å². The van der Waals surface area contributed by atoms with Crippen LogP contribution in [0, 0.1) is 0 Å². The van der Waals surface area contributed by atoms with Crippen molar-refractivity contribution >= 4 is 17.1 Å². The largest absolute Gasteiger partial charge is 0.328 e. The molecule has 0 bridgehead atoms. The first-order valence-corrected chi connectivity index (χ1v) is 4.93. The van der Waals surface area contributed by atoms with Gasteiger partial charge >= 0.3 is 0 Å². The Balaban J connectivity index is 2.51. The highest BCUT2D eigenvalue weighted by Gasteiger charge is 2.10. The number of pyridine rings is 1. The lowest BCUT2D eigenvalue weighted by molar-refractivity contribution is 0.713. The minimum absolute atomic E-state index is 0.0809. The summed E-state index contributed by atoms with van der Waals surface area (Å²) in [6.45, 7) is 1.94. The van der Waals surface area contributed by atoms with Crippen molar-refractivity contribution in [3.8, 4) is 0 Å². The second kappa shape index (κ2) is 3.59. The van der Waals surface area contributed by atoms with Crippen LogP contribution in [0.25, 0.3) is 5.52 Å². The molecule has 2 rings (SSSR count). The van der Waals surface area contributed by atoms with Crippen LogP contribution in [0.5, 0.6) is 0 Å². The van der Waals surface area contributed by atoms with Gasteiger partial charge in [0.2, 0.25) is 0 Å². The molecule has 0 aliphatic heterocycles. The van der Waals surface area contributed by atoms with Gasteiger partial charge in [-0.25, -0.2) is 4.52 Å². The number of hydrogen-bond acceptors (Lipinski definition) is 2. The number of hydrogen-bond donors (Lipinski definition) is 1. The van der Waals surface area contributed by atoms with Gasteiger partial charge in [-0.1, -0.05) is 17.7 Å². The predicted octanol–water partition coefficient (Wildman–Crippen LogP) is 1.88. The summed E-state index contributed by atoms with van der Waals surface area (Å²) in [6.07, 6.45) is 2.59. The van der Waals surface area contributed by atoms with Crippen molar-refractivity contribution in [1.82, 2.24) is 9.61 Å². The van der Waals surface area contributed by atoms with E-state index in [0.717, 1.165) is 11.2 Å². The summed E-state index contributed by atoms with van der Waals surface area (Å²) in [5, 5.41) is 5.07. The number of nitrogens with two attached hydrogens (primary N) is 1. The van der Waals surface area contributed by atoms with Crippen molar-refractivity contribution in [2.75, 3.05) is 0 Å². The third kappa shape index (κ3) is 1.61. The first kappa shape index (κ1) is 9.49. The molecule has 2 heterocycles. The molecule has 74 valence electrons. The Hall–Kier alpha value is -1.06. The lowest BCUT2D eigenvalue weighted by Crippen LogP contribution is -2.18. The third-order valence-electron chi connectivity index (χ3n) is 2.06. The molecule has 0 aromatic carbocycles. The van der Waals surface area contributed by atoms with E-state index in [1.54, 1.807) is 4.52 Å². The first-order chi connectivity index (χ1) is 6.68. The van der Waals surface area contributed by atoms with E-state index in [1.807, 2.05) is 31.3 Å². The lowest BCUT2D eigenvalue weighted by Gasteiger charge is -2.00. The fourth-order valence-corrected chi connectivity index (χ4v) is 1.72. The fourth-order valence-electron chi connectivity index (χ4n) is 1.45. The summed E-state index contributed by atoms with van der Waals surface area (Å²) in [5.74, 6) is 0. The van der Waals surface area contributed by atoms with Crippen molar-refractivity contribution < 1.29 is 0 Å². The van der Waals surface area contributed by atoms with Gasteiger partial charge in [-0.15, -0.1) is 0 Å². The normalized spacial score (nSPS) is 13.4. The second-order valence-electron chi connectivity index (χ2n) is 3.47. The first-order valence-electron chi connectivity index (χ1n) is 4.56. The lowest BCUT2D eigenvalue weighted by atomic mass is 10.2. The van der Waals surface area contributed by atoms with Gasteiger partial charge < -0.3 is 5.73 Å². The van der Waals surface area contributed by atoms with Crippen LogP contribution >= 0.6 is 11.6 Å². The fraction of sp³-hybridized carbons (Fsp3) is 0.300. The third-order valence-corrected chi connectivity index (χ3v) is 2.47. The maximum atomic E-state index is 6.16. The van der Waals surface area contributed by atoms with Gasteiger partial charge in [0.15, 0.2) is 0 Å². The van der Waals surface area contributed by atoms with Crippen LogP contribution in [-0.4, -0.2) is 15.7 Å². The molecule has 2 aromatic rings. The molecule has 0 aliphatic carbocycles. The smallest absolute Gasteiger partial charge is 0.0896 e. The van der Waals surface area contributed by atoms with E-state index in [2.05, 4.69) is 5.10 Å². The van der Waals surface area contributed by atoms with Crippen LogP contribution in [-0.2, 0) is 6.42 Å². The summed E-state index contributed by atoms with van der Waals surface area (Å²) in [6, 6.07) is 5.89. The van der Waals surface area contributed by atoms with Crippen LogP contribution < -0.4 is 5.73 Å². The summed E-state index contributed by atoms with van der Waals surface area (Å²) in [5.41, 5.74) is 7.51. The molecule has 4 heteroatoms. The molecular formula is C10H12ClN3. The van der Waals surface area contributed by atoms with E-state index >= 15 is 0 Å². The molecule has 2 N–H and O–H groups in total. The summed E-state index contributed by atoms with van der Waals surface area (Å²) < 4.78 is 1.78. The van der Waals surface area contributed by atoms with Crippen molar-refractivity contribution in [3.05, 3.63) is 35.1 Å². The molecule has 0 radical (unpaired) electrons. The van der Waals surface area contributed by atoms with Crippen molar-refractivity contribution in [2.24, 2.45) is 5.73 Å². The van der Waals surface area contributed by atoms with E-state index in [9.17, 15) is 0 Å². The zero-order valence-corrected chi connectivity index (χ0v) is 8.70. The van der Waals surface area contributed by atoms with Crippen molar-refractivity contribution in [3.63, 3.8) is 0 Å². The van der Waals surface area contributed by atoms with Crippen LogP contribution in [0.15, 0.2) is 24.4 Å². The molecule has 0 amide bonds. The van der Waals surface area contributed by atoms with Crippen LogP contribution in [0.2, 0.25) is 5.02 Å². The molecule has 14 heavy (non-hydrogen) atoms. The monoisotopic (exact) mass is 209 g/mol. The summed E-state index contributed by atoms with van der Waals surface area (Å²) in [4.78, 5) is 0. The highest BCUT2D eigenvalue weighted by Crippen LogP contribution is 2.22. The minimum atomic E-state index is 0.0809. The Morgan fingerprint density at radius 2 is 2.36 bits per heavy atom. The minimum Gasteiger partial charge on any atom is -0.328 e. The second-order valence-corrected chi connectivity index (χ2v) is 3.85. The van der Waals surface area contributed by atoms with E-state index in [-0.39, 0.29) is 6.04 Å². The number of fused-ring (bicyclic) bond motifs is 1. The molecule has 0 saturated heterocycles. The topological polar surface area (TPSA) is 43.3 Å². The van der Waals surface area contributed by atoms with E-state index in [1.165, 1.54) is 0 Å². The Labute approximate surface area is 87.5 Å². The van der Waals surface area contributed by atoms with Gasteiger partial charge in [0, 0.05) is 18.7 Å². The van der Waals surface area contributed by atoms with Crippen LogP contribution in [0.1, 0.15) is 12.6 Å². The Bertz CT molecular complexity index is 448. The van der Waals surface area contributed by atoms with E-state index in [0.29, 0.717) is 11.4 Å². The molecule has 0 spiro atoms. The molecular weight excluding hydrogens is 198 g/mol. The highest BCUT2D eigenvalue weighted by atomic mass is 35.5. The molecule has 3 nitrogen and oxygen atoms in total. The van der Waals surface area contributed by atoms with E-state index in [4.69, 9.17) is 17.3 Å². The van der Waals surface area contributed by atoms with Gasteiger partial charge in [-0.2, -0.15) is 5.10 Å². The number of rotatable bonds is 2. The zero-order chi connectivity index (χ0) is 10.1. The SMILES string of the molecule is CC(N)Cc1nn2ccccc2c1Cl. The standard InChI is InChI=1S/C10H12ClN3/c1-7(12)6-8-10(11)9-4-2-3-5-14(9)13-8/h2-5,7H,6,12H2,1H3. The van der Waals surface area contributed by atoms with E-state index < -0.39 is 0 Å². The maximum Gasteiger partial charge on any atom is 0.0896 e. The molecule has 1 unspecified atom stereocenters. The molecule has 0 saturated carbocycles. The molecule has 0 aliphatic rings. The number of aromatic nitrogens is 2. The van der Waals surface area contributed by atoms with Gasteiger partial charge in [0.25, 0.3) is 0 Å². The summed E-state index contributed by atoms with van der Waals surface area (Å²) in [7, 11) is 0.